The van der Waals surface area contributed by atoms with Crippen molar-refractivity contribution in [2.24, 2.45) is 0 Å². The molecule has 0 saturated carbocycles. The van der Waals surface area contributed by atoms with Gasteiger partial charge in [0.25, 0.3) is 5.56 Å². The van der Waals surface area contributed by atoms with E-state index < -0.39 is 0 Å². The first-order valence-electron chi connectivity index (χ1n) is 9.12. The molecule has 3 heterocycles. The lowest BCUT2D eigenvalue weighted by Gasteiger charge is -2.13. The number of fused-ring (bicyclic) bond motifs is 3. The predicted molar refractivity (Wildman–Crippen MR) is 106 cm³/mol. The van der Waals surface area contributed by atoms with Crippen molar-refractivity contribution in [3.63, 3.8) is 0 Å². The number of aryl methyl sites for hydroxylation is 3. The third-order valence-corrected chi connectivity index (χ3v) is 6.02. The highest BCUT2D eigenvalue weighted by molar-refractivity contribution is 7.18. The molecule has 4 rings (SSSR count). The second kappa shape index (κ2) is 7.11. The minimum atomic E-state index is 0.0469. The Hall–Kier alpha value is -2.34. The summed E-state index contributed by atoms with van der Waals surface area (Å²) in [6.45, 7) is 6.85. The molecule has 1 aliphatic rings. The molecule has 26 heavy (non-hydrogen) atoms. The molecule has 1 aliphatic carbocycles. The lowest BCUT2D eigenvalue weighted by Crippen LogP contribution is -2.25. The van der Waals surface area contributed by atoms with Crippen molar-refractivity contribution in [1.29, 1.82) is 0 Å². The minimum absolute atomic E-state index is 0.0469. The molecule has 0 aliphatic heterocycles. The Labute approximate surface area is 156 Å². The van der Waals surface area contributed by atoms with Gasteiger partial charge in [0.05, 0.1) is 5.39 Å². The topological polar surface area (TPSA) is 60.1 Å². The van der Waals surface area contributed by atoms with E-state index in [1.807, 2.05) is 19.1 Å². The summed E-state index contributed by atoms with van der Waals surface area (Å²) >= 11 is 1.68. The second-order valence-corrected chi connectivity index (χ2v) is 7.80. The molecular weight excluding hydrogens is 346 g/mol. The van der Waals surface area contributed by atoms with E-state index in [9.17, 15) is 4.79 Å². The Morgan fingerprint density at radius 2 is 2.23 bits per heavy atom. The van der Waals surface area contributed by atoms with Crippen molar-refractivity contribution in [2.45, 2.75) is 45.6 Å². The van der Waals surface area contributed by atoms with E-state index in [2.05, 4.69) is 11.9 Å². The fourth-order valence-electron chi connectivity index (χ4n) is 3.59. The van der Waals surface area contributed by atoms with Crippen LogP contribution >= 0.6 is 11.3 Å². The Bertz CT molecular complexity index is 1010. The number of hydrogen-bond acceptors (Lipinski definition) is 5. The third kappa shape index (κ3) is 3.09. The summed E-state index contributed by atoms with van der Waals surface area (Å²) in [6, 6.07) is 3.95. The van der Waals surface area contributed by atoms with Crippen LogP contribution in [0.1, 0.15) is 34.8 Å². The maximum Gasteiger partial charge on any atom is 0.264 e. The predicted octanol–water partition coefficient (Wildman–Crippen LogP) is 4.08. The summed E-state index contributed by atoms with van der Waals surface area (Å²) in [4.78, 5) is 20.1. The van der Waals surface area contributed by atoms with E-state index >= 15 is 0 Å². The number of aromatic nitrogens is 2. The molecule has 0 amide bonds. The Kier molecular flexibility index (Phi) is 4.68. The van der Waals surface area contributed by atoms with Gasteiger partial charge in [-0.25, -0.2) is 4.98 Å². The first-order chi connectivity index (χ1) is 12.7. The van der Waals surface area contributed by atoms with Crippen LogP contribution in [0.2, 0.25) is 0 Å². The maximum absolute atomic E-state index is 13.1. The Morgan fingerprint density at radius 3 is 3.00 bits per heavy atom. The zero-order valence-electron chi connectivity index (χ0n) is 15.0. The van der Waals surface area contributed by atoms with Gasteiger partial charge in [0.15, 0.2) is 0 Å². The summed E-state index contributed by atoms with van der Waals surface area (Å²) in [7, 11) is 0. The molecule has 0 aromatic carbocycles. The molecule has 0 saturated heterocycles. The van der Waals surface area contributed by atoms with Crippen LogP contribution in [-0.4, -0.2) is 16.1 Å². The van der Waals surface area contributed by atoms with Gasteiger partial charge in [-0.1, -0.05) is 6.08 Å². The fourth-order valence-corrected chi connectivity index (χ4v) is 4.84. The first kappa shape index (κ1) is 17.1. The largest absolute Gasteiger partial charge is 0.466 e. The van der Waals surface area contributed by atoms with E-state index in [0.717, 1.165) is 47.4 Å². The standard InChI is InChI=1S/C20H23N3O2S/c1-3-12-23-19(24)17-15-6-4-5-7-16(15)26-18(17)22-20(23)21-11-10-14-9-8-13(2)25-14/h3,8-9H,1,4-7,10-12H2,2H3,(H,21,22). The molecule has 136 valence electrons. The van der Waals surface area contributed by atoms with E-state index in [4.69, 9.17) is 9.40 Å². The zero-order chi connectivity index (χ0) is 18.1. The number of furan rings is 1. The van der Waals surface area contributed by atoms with Crippen molar-refractivity contribution in [3.05, 3.63) is 57.1 Å². The van der Waals surface area contributed by atoms with Crippen molar-refractivity contribution in [1.82, 2.24) is 9.55 Å². The van der Waals surface area contributed by atoms with Gasteiger partial charge in [0.1, 0.15) is 16.4 Å². The number of rotatable bonds is 6. The van der Waals surface area contributed by atoms with Crippen LogP contribution in [0.25, 0.3) is 10.2 Å². The normalized spacial score (nSPS) is 13.7. The molecule has 3 aromatic heterocycles. The second-order valence-electron chi connectivity index (χ2n) is 6.72. The summed E-state index contributed by atoms with van der Waals surface area (Å²) in [5, 5.41) is 4.14. The molecule has 0 fully saturated rings. The molecule has 0 unspecified atom stereocenters. The number of nitrogens with one attached hydrogen (secondary N) is 1. The van der Waals surface area contributed by atoms with Crippen LogP contribution in [0, 0.1) is 6.92 Å². The average molecular weight is 369 g/mol. The third-order valence-electron chi connectivity index (χ3n) is 4.84. The molecule has 0 spiro atoms. The van der Waals surface area contributed by atoms with Crippen molar-refractivity contribution in [2.75, 3.05) is 11.9 Å². The van der Waals surface area contributed by atoms with Gasteiger partial charge < -0.3 is 9.73 Å². The monoisotopic (exact) mass is 369 g/mol. The summed E-state index contributed by atoms with van der Waals surface area (Å²) in [6.07, 6.45) is 6.91. The van der Waals surface area contributed by atoms with Crippen molar-refractivity contribution in [3.8, 4) is 0 Å². The number of hydrogen-bond donors (Lipinski definition) is 1. The summed E-state index contributed by atoms with van der Waals surface area (Å²) < 4.78 is 7.30. The minimum Gasteiger partial charge on any atom is -0.466 e. The number of thiophene rings is 1. The van der Waals surface area contributed by atoms with Gasteiger partial charge >= 0.3 is 0 Å². The quantitative estimate of drug-likeness (QED) is 0.665. The van der Waals surface area contributed by atoms with Crippen LogP contribution < -0.4 is 10.9 Å². The van der Waals surface area contributed by atoms with E-state index in [-0.39, 0.29) is 5.56 Å². The lowest BCUT2D eigenvalue weighted by molar-refractivity contribution is 0.486. The molecular formula is C20H23N3O2S. The highest BCUT2D eigenvalue weighted by atomic mass is 32.1. The molecule has 6 heteroatoms. The SMILES string of the molecule is C=CCn1c(NCCc2ccc(C)o2)nc2sc3c(c2c1=O)CCCC3. The average Bonchev–Trinajstić information content (AvgIpc) is 3.21. The van der Waals surface area contributed by atoms with E-state index in [1.54, 1.807) is 22.0 Å². The van der Waals surface area contributed by atoms with Gasteiger partial charge in [0, 0.05) is 24.4 Å². The van der Waals surface area contributed by atoms with Gasteiger partial charge in [-0.3, -0.25) is 9.36 Å². The van der Waals surface area contributed by atoms with Crippen LogP contribution in [-0.2, 0) is 25.8 Å². The molecule has 0 radical (unpaired) electrons. The van der Waals surface area contributed by atoms with Crippen molar-refractivity contribution >= 4 is 27.5 Å². The lowest BCUT2D eigenvalue weighted by atomic mass is 9.97. The van der Waals surface area contributed by atoms with E-state index in [1.165, 1.54) is 16.9 Å². The van der Waals surface area contributed by atoms with Crippen LogP contribution in [0.15, 0.2) is 34.0 Å². The van der Waals surface area contributed by atoms with Crippen LogP contribution in [0.5, 0.6) is 0 Å². The number of allylic oxidation sites excluding steroid dienone is 1. The molecule has 0 bridgehead atoms. The van der Waals surface area contributed by atoms with Gasteiger partial charge in [-0.2, -0.15) is 0 Å². The first-order valence-corrected chi connectivity index (χ1v) is 9.94. The number of anilines is 1. The van der Waals surface area contributed by atoms with Gasteiger partial charge in [-0.15, -0.1) is 17.9 Å². The smallest absolute Gasteiger partial charge is 0.264 e. The van der Waals surface area contributed by atoms with E-state index in [0.29, 0.717) is 19.0 Å². The molecule has 3 aromatic rings. The molecule has 0 atom stereocenters. The summed E-state index contributed by atoms with van der Waals surface area (Å²) in [5.74, 6) is 2.46. The highest BCUT2D eigenvalue weighted by Crippen LogP contribution is 2.34. The zero-order valence-corrected chi connectivity index (χ0v) is 15.8. The highest BCUT2D eigenvalue weighted by Gasteiger charge is 2.21. The number of nitrogens with zero attached hydrogens (tertiary/aromatic N) is 2. The van der Waals surface area contributed by atoms with Crippen molar-refractivity contribution < 1.29 is 4.42 Å². The Morgan fingerprint density at radius 1 is 1.38 bits per heavy atom. The maximum atomic E-state index is 13.1. The molecule has 5 nitrogen and oxygen atoms in total. The fraction of sp³-hybridized carbons (Fsp3) is 0.400. The summed E-state index contributed by atoms with van der Waals surface area (Å²) in [5.41, 5.74) is 1.27. The Balaban J connectivity index is 1.67. The van der Waals surface area contributed by atoms with Gasteiger partial charge in [-0.05, 0) is 50.3 Å². The van der Waals surface area contributed by atoms with Crippen LogP contribution in [0.4, 0.5) is 5.95 Å². The van der Waals surface area contributed by atoms with Crippen LogP contribution in [0.3, 0.4) is 0 Å². The molecule has 1 N–H and O–H groups in total. The van der Waals surface area contributed by atoms with Gasteiger partial charge in [0.2, 0.25) is 5.95 Å².